The molecule has 84 valence electrons. The highest BCUT2D eigenvalue weighted by Crippen LogP contribution is 2.11. The van der Waals surface area contributed by atoms with E-state index in [1.54, 1.807) is 12.3 Å². The van der Waals surface area contributed by atoms with Crippen LogP contribution in [0.25, 0.3) is 0 Å². The van der Waals surface area contributed by atoms with Gasteiger partial charge in [-0.25, -0.2) is 4.98 Å². The molecule has 1 atom stereocenters. The summed E-state index contributed by atoms with van der Waals surface area (Å²) in [5, 5.41) is 5.27. The zero-order valence-corrected chi connectivity index (χ0v) is 10.5. The van der Waals surface area contributed by atoms with Crippen LogP contribution in [0.3, 0.4) is 0 Å². The molecule has 0 bridgehead atoms. The molecule has 2 rings (SSSR count). The van der Waals surface area contributed by atoms with Crippen molar-refractivity contribution < 1.29 is 9.59 Å². The molecule has 1 aliphatic heterocycles. The molecule has 5 nitrogen and oxygen atoms in total. The third kappa shape index (κ3) is 2.69. The van der Waals surface area contributed by atoms with E-state index in [4.69, 9.17) is 0 Å². The molecule has 2 heterocycles. The Labute approximate surface area is 106 Å². The van der Waals surface area contributed by atoms with Crippen molar-refractivity contribution in [2.24, 2.45) is 0 Å². The molecule has 0 unspecified atom stereocenters. The number of hydrogen-bond acceptors (Lipinski definition) is 3. The van der Waals surface area contributed by atoms with Gasteiger partial charge in [0.25, 0.3) is 0 Å². The fraction of sp³-hybridized carbons (Fsp3) is 0.300. The Kier molecular flexibility index (Phi) is 3.37. The van der Waals surface area contributed by atoms with Gasteiger partial charge in [-0.15, -0.1) is 0 Å². The lowest BCUT2D eigenvalue weighted by atomic mass is 10.2. The second-order valence-electron chi connectivity index (χ2n) is 3.51. The summed E-state index contributed by atoms with van der Waals surface area (Å²) < 4.78 is 1.00. The molecule has 1 saturated heterocycles. The van der Waals surface area contributed by atoms with E-state index < -0.39 is 6.04 Å². The van der Waals surface area contributed by atoms with Gasteiger partial charge in [0.1, 0.15) is 11.9 Å². The number of nitrogens with one attached hydrogen (secondary N) is 2. The number of halogens is 1. The summed E-state index contributed by atoms with van der Waals surface area (Å²) in [5.74, 6) is 0.224. The van der Waals surface area contributed by atoms with Crippen LogP contribution in [0.4, 0.5) is 5.82 Å². The van der Waals surface area contributed by atoms with Crippen LogP contribution in [0.5, 0.6) is 0 Å². The Balaban J connectivity index is 1.97. The van der Waals surface area contributed by atoms with Crippen LogP contribution in [0.15, 0.2) is 18.3 Å². The molecule has 0 aliphatic carbocycles. The lowest BCUT2D eigenvalue weighted by molar-refractivity contribution is -0.122. The average Bonchev–Trinajstić information content (AvgIpc) is 2.68. The van der Waals surface area contributed by atoms with Crippen molar-refractivity contribution in [1.29, 1.82) is 0 Å². The SMILES string of the molecule is O=C1CC[C@H](C(=O)Nc2ccc(I)cn2)N1. The maximum atomic E-state index is 11.7. The molecule has 0 aromatic carbocycles. The molecule has 1 aliphatic rings. The Hall–Kier alpha value is -1.18. The van der Waals surface area contributed by atoms with Crippen molar-refractivity contribution in [1.82, 2.24) is 10.3 Å². The molecular weight excluding hydrogens is 321 g/mol. The van der Waals surface area contributed by atoms with Crippen molar-refractivity contribution in [3.8, 4) is 0 Å². The number of anilines is 1. The molecule has 0 spiro atoms. The maximum Gasteiger partial charge on any atom is 0.248 e. The normalized spacial score (nSPS) is 19.3. The van der Waals surface area contributed by atoms with Crippen molar-refractivity contribution in [3.05, 3.63) is 21.9 Å². The number of rotatable bonds is 2. The molecule has 2 amide bonds. The standard InChI is InChI=1S/C10H10IN3O2/c11-6-1-3-8(12-5-6)14-10(16)7-2-4-9(15)13-7/h1,3,5,7H,2,4H2,(H,13,15)(H,12,14,16)/t7-/m1/s1. The quantitative estimate of drug-likeness (QED) is 0.791. The van der Waals surface area contributed by atoms with Crippen LogP contribution in [-0.4, -0.2) is 22.8 Å². The van der Waals surface area contributed by atoms with E-state index in [1.165, 1.54) is 0 Å². The van der Waals surface area contributed by atoms with Gasteiger partial charge in [-0.2, -0.15) is 0 Å². The zero-order chi connectivity index (χ0) is 11.5. The minimum atomic E-state index is -0.423. The van der Waals surface area contributed by atoms with Crippen LogP contribution in [-0.2, 0) is 9.59 Å². The van der Waals surface area contributed by atoms with Crippen molar-refractivity contribution in [3.63, 3.8) is 0 Å². The third-order valence-electron chi connectivity index (χ3n) is 2.29. The van der Waals surface area contributed by atoms with Gasteiger partial charge in [-0.05, 0) is 41.1 Å². The molecular formula is C10H10IN3O2. The molecule has 0 radical (unpaired) electrons. The van der Waals surface area contributed by atoms with E-state index in [1.807, 2.05) is 6.07 Å². The first-order valence-electron chi connectivity index (χ1n) is 4.87. The van der Waals surface area contributed by atoms with Gasteiger partial charge in [0.15, 0.2) is 0 Å². The fourth-order valence-corrected chi connectivity index (χ4v) is 1.79. The Morgan fingerprint density at radius 2 is 2.38 bits per heavy atom. The van der Waals surface area contributed by atoms with E-state index in [-0.39, 0.29) is 11.8 Å². The number of carbonyl (C=O) groups is 2. The second-order valence-corrected chi connectivity index (χ2v) is 4.76. The number of aromatic nitrogens is 1. The van der Waals surface area contributed by atoms with Gasteiger partial charge in [-0.1, -0.05) is 0 Å². The molecule has 1 fully saturated rings. The number of amides is 2. The summed E-state index contributed by atoms with van der Waals surface area (Å²) in [6.45, 7) is 0. The summed E-state index contributed by atoms with van der Waals surface area (Å²) in [6, 6.07) is 3.17. The molecule has 16 heavy (non-hydrogen) atoms. The number of hydrogen-bond donors (Lipinski definition) is 2. The zero-order valence-electron chi connectivity index (χ0n) is 8.37. The van der Waals surface area contributed by atoms with Crippen LogP contribution < -0.4 is 10.6 Å². The minimum Gasteiger partial charge on any atom is -0.344 e. The van der Waals surface area contributed by atoms with Gasteiger partial charge in [-0.3, -0.25) is 9.59 Å². The topological polar surface area (TPSA) is 71.1 Å². The predicted molar refractivity (Wildman–Crippen MR) is 66.7 cm³/mol. The van der Waals surface area contributed by atoms with Crippen LogP contribution >= 0.6 is 22.6 Å². The highest BCUT2D eigenvalue weighted by Gasteiger charge is 2.27. The van der Waals surface area contributed by atoms with Crippen LogP contribution in [0, 0.1) is 3.57 Å². The first-order valence-corrected chi connectivity index (χ1v) is 5.95. The number of nitrogens with zero attached hydrogens (tertiary/aromatic N) is 1. The smallest absolute Gasteiger partial charge is 0.248 e. The van der Waals surface area contributed by atoms with E-state index in [0.29, 0.717) is 18.7 Å². The monoisotopic (exact) mass is 331 g/mol. The molecule has 1 aromatic heterocycles. The predicted octanol–water partition coefficient (Wildman–Crippen LogP) is 0.903. The highest BCUT2D eigenvalue weighted by atomic mass is 127. The van der Waals surface area contributed by atoms with Gasteiger partial charge < -0.3 is 10.6 Å². The maximum absolute atomic E-state index is 11.7. The summed E-state index contributed by atoms with van der Waals surface area (Å²) in [7, 11) is 0. The van der Waals surface area contributed by atoms with Crippen molar-refractivity contribution in [2.45, 2.75) is 18.9 Å². The second kappa shape index (κ2) is 4.77. The molecule has 1 aromatic rings. The van der Waals surface area contributed by atoms with Crippen molar-refractivity contribution >= 4 is 40.2 Å². The molecule has 0 saturated carbocycles. The summed E-state index contributed by atoms with van der Waals surface area (Å²) in [5.41, 5.74) is 0. The average molecular weight is 331 g/mol. The van der Waals surface area contributed by atoms with Gasteiger partial charge in [0.05, 0.1) is 0 Å². The highest BCUT2D eigenvalue weighted by molar-refractivity contribution is 14.1. The van der Waals surface area contributed by atoms with E-state index in [0.717, 1.165) is 3.57 Å². The minimum absolute atomic E-state index is 0.0734. The Morgan fingerprint density at radius 1 is 1.56 bits per heavy atom. The first-order chi connectivity index (χ1) is 7.65. The van der Waals surface area contributed by atoms with Gasteiger partial charge >= 0.3 is 0 Å². The Morgan fingerprint density at radius 3 is 2.94 bits per heavy atom. The first kappa shape index (κ1) is 11.3. The fourth-order valence-electron chi connectivity index (χ4n) is 1.47. The van der Waals surface area contributed by atoms with E-state index >= 15 is 0 Å². The van der Waals surface area contributed by atoms with E-state index in [2.05, 4.69) is 38.2 Å². The lowest BCUT2D eigenvalue weighted by Gasteiger charge is -2.09. The van der Waals surface area contributed by atoms with E-state index in [9.17, 15) is 9.59 Å². The van der Waals surface area contributed by atoms with Crippen LogP contribution in [0.2, 0.25) is 0 Å². The number of pyridine rings is 1. The molecule has 6 heteroatoms. The number of carbonyl (C=O) groups excluding carboxylic acids is 2. The van der Waals surface area contributed by atoms with Crippen LogP contribution in [0.1, 0.15) is 12.8 Å². The lowest BCUT2D eigenvalue weighted by Crippen LogP contribution is -2.37. The largest absolute Gasteiger partial charge is 0.344 e. The molecule has 2 N–H and O–H groups in total. The Bertz CT molecular complexity index is 419. The summed E-state index contributed by atoms with van der Waals surface area (Å²) in [4.78, 5) is 26.7. The van der Waals surface area contributed by atoms with Gasteiger partial charge in [0, 0.05) is 16.2 Å². The third-order valence-corrected chi connectivity index (χ3v) is 2.93. The summed E-state index contributed by atoms with van der Waals surface area (Å²) in [6.07, 6.45) is 2.64. The van der Waals surface area contributed by atoms with Crippen molar-refractivity contribution in [2.75, 3.05) is 5.32 Å². The summed E-state index contributed by atoms with van der Waals surface area (Å²) >= 11 is 2.14. The van der Waals surface area contributed by atoms with Gasteiger partial charge in [0.2, 0.25) is 11.8 Å².